The van der Waals surface area contributed by atoms with E-state index in [0.717, 1.165) is 68.0 Å². The van der Waals surface area contributed by atoms with E-state index in [1.165, 1.54) is 0 Å². The Hall–Kier alpha value is -10.7. The average Bonchev–Trinajstić information content (AvgIpc) is 1.58. The van der Waals surface area contributed by atoms with Gasteiger partial charge in [0.05, 0.1) is 43.3 Å². The minimum Gasteiger partial charge on any atom is -0.855 e. The van der Waals surface area contributed by atoms with E-state index >= 15 is 0 Å². The largest absolute Gasteiger partial charge is 1.00 e. The summed E-state index contributed by atoms with van der Waals surface area (Å²) < 4.78 is 47.9. The maximum absolute atomic E-state index is 12.7. The van der Waals surface area contributed by atoms with Crippen LogP contribution < -0.4 is 51.8 Å². The Balaban J connectivity index is -0.00000158. The van der Waals surface area contributed by atoms with Gasteiger partial charge in [0, 0.05) is 106 Å². The van der Waals surface area contributed by atoms with Gasteiger partial charge in [0.15, 0.2) is 28.5 Å². The standard InChI is InChI=1S/C27H32N4O5.C25H30N6O4.C15H25ClN2O4.C13H11NO2.2C2H6O.C2H5O.H2N2O.Na.6H2/c1-8-34-25(32)22-21(28-7)23(24-17(3)19-15-16(2)9-10-20(19)35-24)31(29-22)18-11-13-30(14-12-18)26(33)36-27(4,5)6;1-13-6-7-17-16(12-13)14(2)21(34-17)20-18-19(23(32)28-27-22(18)26)29-31(20)15-8-10-30(11-9-15)24(33)35-25(3,4)5;1-5-21-13(19)12(16)17-10-11-6-8-18(9-7-11)14(20)22-15(2,3)4;1-8-3-4-12-10(7-8)9(2)13(16-12)11(15)5-6-14;4*1-2-3;;;;;;;/h9-10,15,18H,8,11-14H2,1-6H3;6-7,12,15H,8-11H2,1-5H3,(H2,26,27)(H,28,32);11H,5-10H2,1-4H3;3-4,7H,5H2,1-2H3;2*3H,2H2,1H3;2H2,1H3;(H2,1,3);;6*1H/q;;;;;;-1;;+1;;;;;;. The molecule has 3 saturated heterocycles. The maximum Gasteiger partial charge on any atom is 1.00 e. The van der Waals surface area contributed by atoms with Crippen molar-refractivity contribution in [3.63, 3.8) is 0 Å². The number of anilines is 1. The molecular formula is C86H129ClN15NaO19. The van der Waals surface area contributed by atoms with E-state index in [9.17, 15) is 33.6 Å². The first-order valence-corrected chi connectivity index (χ1v) is 40.4. The number of aromatic nitrogens is 6. The van der Waals surface area contributed by atoms with Gasteiger partial charge in [-0.2, -0.15) is 20.6 Å². The van der Waals surface area contributed by atoms with Crippen LogP contribution in [0.15, 0.2) is 82.9 Å². The number of halogens is 1. The van der Waals surface area contributed by atoms with Gasteiger partial charge >= 0.3 is 59.8 Å². The number of carbonyl (C=O) groups excluding carboxylic acids is 6. The Kier molecular flexibility index (Phi) is 40.9. The van der Waals surface area contributed by atoms with Crippen molar-refractivity contribution in [2.45, 2.75) is 212 Å². The second-order valence-corrected chi connectivity index (χ2v) is 31.7. The fourth-order valence-electron chi connectivity index (χ4n) is 13.1. The van der Waals surface area contributed by atoms with Crippen molar-refractivity contribution < 1.29 is 119 Å². The van der Waals surface area contributed by atoms with Gasteiger partial charge in [-0.05, 0) is 212 Å². The number of amides is 3. The van der Waals surface area contributed by atoms with Gasteiger partial charge in [-0.3, -0.25) is 29.8 Å². The molecule has 3 amide bonds. The molecule has 0 radical (unpaired) electrons. The molecule has 7 N–H and O–H groups in total. The number of fused-ring (bicyclic) bond motifs is 4. The fourth-order valence-corrected chi connectivity index (χ4v) is 13.2. The number of aryl methyl sites for hydroxylation is 6. The van der Waals surface area contributed by atoms with Crippen molar-refractivity contribution in [2.24, 2.45) is 22.0 Å². The SMILES string of the molecule is CCO.CCO.CCOC(=O)C(Cl)=NCC1CCN(C(=O)OC(C)(C)C)CC1.CC[O-].Cc1ccc2oc(-c3c4c(N)n[nH]c(=O)c4nn3C3CCN(C(=O)OC(C)(C)C)CC3)c(C)c2c1.Cc1ccc2oc(C(=O)CC#N)c(C)c2c1.NN=O.[C-]#[N+]c1c(C(=O)OCC)nn(C2CCN(C(=O)OC(C)(C)C)CC2)c1-c1oc2ccc(C)cc2c1C.[HH].[HH].[HH].[HH].[HH].[HH].[Na+]. The van der Waals surface area contributed by atoms with E-state index in [0.29, 0.717) is 123 Å². The normalized spacial score (nSPS) is 13.7. The van der Waals surface area contributed by atoms with E-state index in [1.807, 2.05) is 163 Å². The van der Waals surface area contributed by atoms with Crippen LogP contribution in [0.5, 0.6) is 0 Å². The molecule has 9 aromatic rings. The van der Waals surface area contributed by atoms with E-state index in [1.54, 1.807) is 59.3 Å². The molecule has 12 rings (SSSR count). The molecule has 0 unspecified atom stereocenters. The summed E-state index contributed by atoms with van der Waals surface area (Å²) in [4.78, 5) is 107. The molecule has 34 nitrogen and oxygen atoms in total. The number of nitrogens with two attached hydrogens (primary N) is 2. The molecule has 3 aliphatic heterocycles. The number of H-pyrrole nitrogens is 1. The Morgan fingerprint density at radius 3 is 1.42 bits per heavy atom. The Labute approximate surface area is 746 Å². The maximum atomic E-state index is 12.7. The van der Waals surface area contributed by atoms with Gasteiger partial charge in [0.25, 0.3) is 5.56 Å². The molecule has 0 bridgehead atoms. The van der Waals surface area contributed by atoms with Crippen molar-refractivity contribution in [3.05, 3.63) is 126 Å². The number of aliphatic hydroxyl groups excluding tert-OH is 2. The number of ketones is 1. The molecule has 36 heteroatoms. The number of aliphatic imine (C=N–C) groups is 1. The van der Waals surface area contributed by atoms with Gasteiger partial charge < -0.3 is 72.7 Å². The van der Waals surface area contributed by atoms with Crippen LogP contribution in [0.25, 0.3) is 71.6 Å². The molecule has 0 atom stereocenters. The molecule has 9 heterocycles. The number of nitroso groups, excluding NO2 is 1. The topological polar surface area (TPSA) is 465 Å². The number of benzene rings is 3. The molecule has 3 aromatic carbocycles. The summed E-state index contributed by atoms with van der Waals surface area (Å²) in [6, 6.07) is 19.3. The second-order valence-electron chi connectivity index (χ2n) is 31.4. The van der Waals surface area contributed by atoms with E-state index in [4.69, 9.17) is 86.3 Å². The summed E-state index contributed by atoms with van der Waals surface area (Å²) in [5.74, 6) is 4.36. The number of hydrogen-bond donors (Lipinski definition) is 5. The van der Waals surface area contributed by atoms with Crippen LogP contribution in [0.3, 0.4) is 0 Å². The van der Waals surface area contributed by atoms with Crippen molar-refractivity contribution in [3.8, 4) is 29.0 Å². The number of furan rings is 3. The number of carbonyl (C=O) groups is 6. The number of nitriles is 1. The zero-order chi connectivity index (χ0) is 90.6. The smallest absolute Gasteiger partial charge is 0.855 e. The first-order valence-electron chi connectivity index (χ1n) is 40.1. The molecule has 6 aromatic heterocycles. The zero-order valence-corrected chi connectivity index (χ0v) is 76.9. The number of nitrogen functional groups attached to an aromatic ring is 1. The molecule has 0 saturated carbocycles. The number of aliphatic hydroxyl groups is 2. The predicted octanol–water partition coefficient (Wildman–Crippen LogP) is 14.0. The summed E-state index contributed by atoms with van der Waals surface area (Å²) in [5.41, 5.74) is 13.8. The van der Waals surface area contributed by atoms with Crippen LogP contribution in [0, 0.1) is 70.3 Å². The molecule has 3 fully saturated rings. The monoisotopic (exact) mass is 1730 g/mol. The molecular weight excluding hydrogens is 1610 g/mol. The van der Waals surface area contributed by atoms with Crippen molar-refractivity contribution >= 4 is 108 Å². The van der Waals surface area contributed by atoms with Gasteiger partial charge in [0.2, 0.25) is 16.6 Å². The van der Waals surface area contributed by atoms with E-state index < -0.39 is 34.3 Å². The third kappa shape index (κ3) is 29.0. The number of ether oxygens (including phenoxy) is 5. The summed E-state index contributed by atoms with van der Waals surface area (Å²) >= 11 is 5.77. The molecule has 0 spiro atoms. The van der Waals surface area contributed by atoms with Crippen LogP contribution in [-0.2, 0) is 28.5 Å². The number of hydrogen-bond acceptors (Lipinski definition) is 26. The summed E-state index contributed by atoms with van der Waals surface area (Å²) in [6.07, 6.45) is 3.00. The third-order valence-electron chi connectivity index (χ3n) is 18.4. The Bertz CT molecular complexity index is 5230. The first-order chi connectivity index (χ1) is 57.1. The number of likely N-dealkylation sites (tertiary alicyclic amines) is 3. The fraction of sp³-hybridized carbons (Fsp3) is 0.523. The number of nitrogens with one attached hydrogen (secondary N) is 1. The van der Waals surface area contributed by atoms with Crippen molar-refractivity contribution in [1.82, 2.24) is 44.5 Å². The average molecular weight is 1740 g/mol. The quantitative estimate of drug-likeness (QED) is 0.00873. The van der Waals surface area contributed by atoms with Crippen LogP contribution in [0.2, 0.25) is 0 Å². The molecule has 0 aliphatic carbocycles. The number of esters is 2. The van der Waals surface area contributed by atoms with Crippen LogP contribution in [0.1, 0.15) is 217 Å². The number of rotatable bonds is 12. The number of nitrogens with zero attached hydrogens (tertiary/aromatic N) is 12. The van der Waals surface area contributed by atoms with Gasteiger partial charge in [-0.15, -0.1) is 11.5 Å². The Morgan fingerprint density at radius 2 is 1.03 bits per heavy atom. The van der Waals surface area contributed by atoms with Crippen LogP contribution in [0.4, 0.5) is 25.9 Å². The second kappa shape index (κ2) is 48.2. The molecule has 670 valence electrons. The van der Waals surface area contributed by atoms with Gasteiger partial charge in [-0.1, -0.05) is 53.4 Å². The molecule has 3 aliphatic rings. The number of piperidine rings is 3. The summed E-state index contributed by atoms with van der Waals surface area (Å²) in [5, 5.41) is 53.3. The third-order valence-corrected chi connectivity index (χ3v) is 18.7. The van der Waals surface area contributed by atoms with E-state index in [-0.39, 0.29) is 142 Å². The summed E-state index contributed by atoms with van der Waals surface area (Å²) in [6.45, 7) is 49.4. The number of aromatic amines is 1. The predicted molar refractivity (Wildman–Crippen MR) is 473 cm³/mol. The minimum atomic E-state index is -0.640. The number of Topliss-reactive ketones (excluding diaryl/α,β-unsaturated/α-hetero) is 1. The zero-order valence-electron chi connectivity index (χ0n) is 74.1. The first kappa shape index (κ1) is 104. The molecule has 122 heavy (non-hydrogen) atoms. The van der Waals surface area contributed by atoms with E-state index in [2.05, 4.69) is 42.1 Å². The van der Waals surface area contributed by atoms with Crippen LogP contribution in [-0.4, -0.2) is 191 Å². The summed E-state index contributed by atoms with van der Waals surface area (Å²) in [7, 11) is 0. The minimum absolute atomic E-state index is 0. The van der Waals surface area contributed by atoms with Crippen molar-refractivity contribution in [1.29, 1.82) is 5.26 Å². The van der Waals surface area contributed by atoms with Crippen LogP contribution >= 0.6 is 11.6 Å². The van der Waals surface area contributed by atoms with Gasteiger partial charge in [-0.25, -0.2) is 33.9 Å². The van der Waals surface area contributed by atoms with Gasteiger partial charge in [0.1, 0.15) is 57.1 Å². The van der Waals surface area contributed by atoms with Crippen molar-refractivity contribution in [2.75, 3.05) is 84.6 Å². The Morgan fingerprint density at radius 1 is 0.656 bits per heavy atom.